The molecule has 5 rings (SSSR count). The fourth-order valence-corrected chi connectivity index (χ4v) is 4.68. The Hall–Kier alpha value is -4.42. The number of hydrogen-bond donors (Lipinski definition) is 0. The van der Waals surface area contributed by atoms with Gasteiger partial charge in [-0.05, 0) is 48.9 Å². The molecule has 1 aromatic heterocycles. The average Bonchev–Trinajstić information content (AvgIpc) is 2.89. The Balaban J connectivity index is 1.46. The lowest BCUT2D eigenvalue weighted by molar-refractivity contribution is 0.547. The zero-order valence-corrected chi connectivity index (χ0v) is 19.0. The van der Waals surface area contributed by atoms with E-state index in [0.29, 0.717) is 17.5 Å². The SMILES string of the molecule is C[C@@H]1CN(c2nnc(Cc3ccccc3)c3ccc(C#N)cc23)CCN1c1ccc(C#N)cc1. The Bertz CT molecular complexity index is 1400. The molecule has 0 radical (unpaired) electrons. The molecule has 2 heterocycles. The molecule has 166 valence electrons. The molecule has 0 N–H and O–H groups in total. The highest BCUT2D eigenvalue weighted by Crippen LogP contribution is 2.31. The molecule has 4 aromatic rings. The van der Waals surface area contributed by atoms with E-state index in [4.69, 9.17) is 5.26 Å². The number of aromatic nitrogens is 2. The minimum atomic E-state index is 0.252. The van der Waals surface area contributed by atoms with Crippen LogP contribution in [0.1, 0.15) is 29.3 Å². The maximum absolute atomic E-state index is 9.52. The van der Waals surface area contributed by atoms with E-state index in [9.17, 15) is 5.26 Å². The van der Waals surface area contributed by atoms with E-state index in [2.05, 4.69) is 51.2 Å². The first-order chi connectivity index (χ1) is 16.7. The number of rotatable bonds is 4. The molecule has 1 atom stereocenters. The molecule has 6 heteroatoms. The van der Waals surface area contributed by atoms with Crippen LogP contribution in [0.3, 0.4) is 0 Å². The van der Waals surface area contributed by atoms with Crippen LogP contribution in [0.15, 0.2) is 72.8 Å². The Labute approximate surface area is 199 Å². The van der Waals surface area contributed by atoms with Gasteiger partial charge in [0, 0.05) is 48.6 Å². The van der Waals surface area contributed by atoms with Gasteiger partial charge in [-0.15, -0.1) is 5.10 Å². The molecular weight excluding hydrogens is 420 g/mol. The highest BCUT2D eigenvalue weighted by Gasteiger charge is 2.26. The lowest BCUT2D eigenvalue weighted by atomic mass is 10.0. The zero-order valence-electron chi connectivity index (χ0n) is 19.0. The summed E-state index contributed by atoms with van der Waals surface area (Å²) in [5.74, 6) is 0.829. The van der Waals surface area contributed by atoms with Gasteiger partial charge in [0.15, 0.2) is 5.82 Å². The molecule has 1 aliphatic rings. The van der Waals surface area contributed by atoms with Crippen molar-refractivity contribution in [2.45, 2.75) is 19.4 Å². The molecule has 3 aromatic carbocycles. The quantitative estimate of drug-likeness (QED) is 0.455. The van der Waals surface area contributed by atoms with Crippen LogP contribution in [0.4, 0.5) is 11.5 Å². The van der Waals surface area contributed by atoms with E-state index in [1.165, 1.54) is 5.56 Å². The highest BCUT2D eigenvalue weighted by atomic mass is 15.3. The summed E-state index contributed by atoms with van der Waals surface area (Å²) in [5, 5.41) is 29.9. The van der Waals surface area contributed by atoms with Crippen LogP contribution in [0.2, 0.25) is 0 Å². The molecule has 1 aliphatic heterocycles. The monoisotopic (exact) mass is 444 g/mol. The van der Waals surface area contributed by atoms with Crippen molar-refractivity contribution in [1.29, 1.82) is 10.5 Å². The number of benzene rings is 3. The van der Waals surface area contributed by atoms with Crippen molar-refractivity contribution in [3.63, 3.8) is 0 Å². The molecule has 1 saturated heterocycles. The lowest BCUT2D eigenvalue weighted by Crippen LogP contribution is -2.52. The van der Waals surface area contributed by atoms with Gasteiger partial charge in [0.25, 0.3) is 0 Å². The first-order valence-corrected chi connectivity index (χ1v) is 11.4. The molecule has 0 saturated carbocycles. The minimum absolute atomic E-state index is 0.252. The van der Waals surface area contributed by atoms with E-state index in [0.717, 1.165) is 47.6 Å². The second kappa shape index (κ2) is 9.21. The summed E-state index contributed by atoms with van der Waals surface area (Å²) in [6.45, 7) is 4.62. The second-order valence-electron chi connectivity index (χ2n) is 8.65. The Morgan fingerprint density at radius 3 is 2.29 bits per heavy atom. The van der Waals surface area contributed by atoms with E-state index >= 15 is 0 Å². The number of fused-ring (bicyclic) bond motifs is 1. The summed E-state index contributed by atoms with van der Waals surface area (Å²) < 4.78 is 0. The van der Waals surface area contributed by atoms with Gasteiger partial charge in [0.2, 0.25) is 0 Å². The molecule has 0 unspecified atom stereocenters. The summed E-state index contributed by atoms with van der Waals surface area (Å²) in [5.41, 5.74) is 4.50. The fraction of sp³-hybridized carbons (Fsp3) is 0.214. The fourth-order valence-electron chi connectivity index (χ4n) is 4.68. The third-order valence-corrected chi connectivity index (χ3v) is 6.44. The van der Waals surface area contributed by atoms with Gasteiger partial charge >= 0.3 is 0 Å². The topological polar surface area (TPSA) is 79.8 Å². The van der Waals surface area contributed by atoms with Crippen LogP contribution in [-0.2, 0) is 6.42 Å². The largest absolute Gasteiger partial charge is 0.365 e. The molecule has 34 heavy (non-hydrogen) atoms. The summed E-state index contributed by atoms with van der Waals surface area (Å²) in [7, 11) is 0. The molecule has 0 spiro atoms. The van der Waals surface area contributed by atoms with Crippen molar-refractivity contribution < 1.29 is 0 Å². The molecule has 0 bridgehead atoms. The first kappa shape index (κ1) is 21.4. The first-order valence-electron chi connectivity index (χ1n) is 11.4. The average molecular weight is 445 g/mol. The molecular formula is C28H24N6. The number of nitriles is 2. The summed E-state index contributed by atoms with van der Waals surface area (Å²) >= 11 is 0. The van der Waals surface area contributed by atoms with Crippen molar-refractivity contribution in [3.05, 3.63) is 95.2 Å². The van der Waals surface area contributed by atoms with Gasteiger partial charge in [0.05, 0.1) is 29.0 Å². The van der Waals surface area contributed by atoms with Crippen LogP contribution in [-0.4, -0.2) is 35.9 Å². The van der Waals surface area contributed by atoms with Crippen LogP contribution in [0, 0.1) is 22.7 Å². The highest BCUT2D eigenvalue weighted by molar-refractivity contribution is 5.94. The summed E-state index contributed by atoms with van der Waals surface area (Å²) in [6.07, 6.45) is 0.694. The standard InChI is InChI=1S/C28H24N6/c1-20-19-33(13-14-34(20)24-10-7-22(17-29)8-11-24)28-26-15-23(18-30)9-12-25(26)27(31-32-28)16-21-5-3-2-4-6-21/h2-12,15,20H,13-14,16,19H2,1H3/t20-/m1/s1. The molecule has 0 aliphatic carbocycles. The third-order valence-electron chi connectivity index (χ3n) is 6.44. The number of hydrogen-bond acceptors (Lipinski definition) is 6. The third kappa shape index (κ3) is 4.14. The number of anilines is 2. The van der Waals surface area contributed by atoms with Gasteiger partial charge in [-0.25, -0.2) is 0 Å². The molecule has 6 nitrogen and oxygen atoms in total. The Morgan fingerprint density at radius 2 is 1.59 bits per heavy atom. The molecule has 1 fully saturated rings. The van der Waals surface area contributed by atoms with Gasteiger partial charge in [-0.3, -0.25) is 0 Å². The van der Waals surface area contributed by atoms with Gasteiger partial charge < -0.3 is 9.80 Å². The summed E-state index contributed by atoms with van der Waals surface area (Å²) in [6, 6.07) is 28.5. The van der Waals surface area contributed by atoms with Crippen molar-refractivity contribution in [3.8, 4) is 12.1 Å². The van der Waals surface area contributed by atoms with Crippen LogP contribution in [0.25, 0.3) is 10.8 Å². The zero-order chi connectivity index (χ0) is 23.5. The van der Waals surface area contributed by atoms with E-state index in [-0.39, 0.29) is 6.04 Å². The van der Waals surface area contributed by atoms with Gasteiger partial charge in [-0.2, -0.15) is 15.6 Å². The van der Waals surface area contributed by atoms with Crippen molar-refractivity contribution in [2.24, 2.45) is 0 Å². The smallest absolute Gasteiger partial charge is 0.159 e. The molecule has 0 amide bonds. The second-order valence-corrected chi connectivity index (χ2v) is 8.65. The van der Waals surface area contributed by atoms with Crippen molar-refractivity contribution >= 4 is 22.3 Å². The normalized spacial score (nSPS) is 15.7. The number of nitrogens with zero attached hydrogens (tertiary/aromatic N) is 6. The van der Waals surface area contributed by atoms with Crippen molar-refractivity contribution in [1.82, 2.24) is 10.2 Å². The van der Waals surface area contributed by atoms with Gasteiger partial charge in [0.1, 0.15) is 0 Å². The minimum Gasteiger partial charge on any atom is -0.365 e. The van der Waals surface area contributed by atoms with Crippen LogP contribution < -0.4 is 9.80 Å². The maximum Gasteiger partial charge on any atom is 0.159 e. The number of piperazine rings is 1. The van der Waals surface area contributed by atoms with E-state index in [1.54, 1.807) is 0 Å². The lowest BCUT2D eigenvalue weighted by Gasteiger charge is -2.42. The van der Waals surface area contributed by atoms with E-state index < -0.39 is 0 Å². The maximum atomic E-state index is 9.52. The summed E-state index contributed by atoms with van der Waals surface area (Å²) in [4.78, 5) is 4.63. The van der Waals surface area contributed by atoms with E-state index in [1.807, 2.05) is 60.7 Å². The van der Waals surface area contributed by atoms with Gasteiger partial charge in [-0.1, -0.05) is 36.4 Å². The Kier molecular flexibility index (Phi) is 5.81. The predicted molar refractivity (Wildman–Crippen MR) is 134 cm³/mol. The Morgan fingerprint density at radius 1 is 0.853 bits per heavy atom. The van der Waals surface area contributed by atoms with Crippen LogP contribution >= 0.6 is 0 Å². The predicted octanol–water partition coefficient (Wildman–Crippen LogP) is 4.68. The van der Waals surface area contributed by atoms with Crippen LogP contribution in [0.5, 0.6) is 0 Å². The van der Waals surface area contributed by atoms with Crippen molar-refractivity contribution in [2.75, 3.05) is 29.4 Å².